The van der Waals surface area contributed by atoms with Crippen molar-refractivity contribution < 1.29 is 4.74 Å². The van der Waals surface area contributed by atoms with Gasteiger partial charge in [-0.15, -0.1) is 0 Å². The van der Waals surface area contributed by atoms with Gasteiger partial charge in [0, 0.05) is 19.6 Å². The highest BCUT2D eigenvalue weighted by atomic mass is 16.5. The van der Waals surface area contributed by atoms with E-state index >= 15 is 0 Å². The normalized spacial score (nSPS) is 26.8. The number of nitrogens with zero attached hydrogens (tertiary/aromatic N) is 2. The first kappa shape index (κ1) is 13.7. The van der Waals surface area contributed by atoms with Crippen molar-refractivity contribution in [3.63, 3.8) is 0 Å². The van der Waals surface area contributed by atoms with Crippen molar-refractivity contribution >= 4 is 11.5 Å². The Labute approximate surface area is 121 Å². The lowest BCUT2D eigenvalue weighted by Crippen LogP contribution is -2.30. The number of hydrogen-bond acceptors (Lipinski definition) is 4. The fraction of sp³-hybridized carbons (Fsp3) is 0.688. The first-order chi connectivity index (χ1) is 9.81. The molecule has 1 N–H and O–H groups in total. The van der Waals surface area contributed by atoms with Gasteiger partial charge in [0.05, 0.1) is 24.1 Å². The molecule has 3 heterocycles. The van der Waals surface area contributed by atoms with Gasteiger partial charge in [0.2, 0.25) is 0 Å². The molecule has 2 atom stereocenters. The minimum absolute atomic E-state index is 0.353. The first-order valence-corrected chi connectivity index (χ1v) is 7.91. The third kappa shape index (κ3) is 3.42. The van der Waals surface area contributed by atoms with Gasteiger partial charge in [-0.3, -0.25) is 0 Å². The van der Waals surface area contributed by atoms with E-state index in [2.05, 4.69) is 34.3 Å². The molecule has 0 bridgehead atoms. The minimum atomic E-state index is 0.353. The Bertz CT molecular complexity index is 414. The van der Waals surface area contributed by atoms with Crippen LogP contribution in [-0.2, 0) is 4.74 Å². The van der Waals surface area contributed by atoms with Crippen LogP contribution in [0.2, 0.25) is 0 Å². The summed E-state index contributed by atoms with van der Waals surface area (Å²) in [6, 6.07) is 4.26. The van der Waals surface area contributed by atoms with Crippen LogP contribution in [0.5, 0.6) is 0 Å². The molecule has 20 heavy (non-hydrogen) atoms. The van der Waals surface area contributed by atoms with Crippen LogP contribution in [0.3, 0.4) is 0 Å². The lowest BCUT2D eigenvalue weighted by molar-refractivity contribution is 0.0637. The maximum atomic E-state index is 5.81. The molecule has 0 aromatic carbocycles. The Morgan fingerprint density at radius 3 is 2.75 bits per heavy atom. The van der Waals surface area contributed by atoms with E-state index in [9.17, 15) is 0 Å². The second-order valence-electron chi connectivity index (χ2n) is 5.98. The van der Waals surface area contributed by atoms with Crippen molar-refractivity contribution in [2.75, 3.05) is 29.9 Å². The summed E-state index contributed by atoms with van der Waals surface area (Å²) in [6.07, 6.45) is 9.00. The number of anilines is 2. The van der Waals surface area contributed by atoms with Crippen LogP contribution in [0.25, 0.3) is 0 Å². The molecule has 2 saturated heterocycles. The molecular weight excluding hydrogens is 250 g/mol. The van der Waals surface area contributed by atoms with Crippen LogP contribution in [0, 0.1) is 0 Å². The van der Waals surface area contributed by atoms with E-state index < -0.39 is 0 Å². The number of ether oxygens (including phenoxy) is 1. The Hall–Kier alpha value is -1.29. The summed E-state index contributed by atoms with van der Waals surface area (Å²) in [7, 11) is 0. The standard InChI is InChI=1S/C16H25N3O/c1-13-5-7-15(20-13)12-17-14-6-8-16(18-11-14)19-9-3-2-4-10-19/h6,8,11,13,15,17H,2-5,7,9-10,12H2,1H3. The van der Waals surface area contributed by atoms with Gasteiger partial charge in [-0.05, 0) is 51.2 Å². The Morgan fingerprint density at radius 2 is 2.10 bits per heavy atom. The average molecular weight is 275 g/mol. The maximum Gasteiger partial charge on any atom is 0.128 e. The minimum Gasteiger partial charge on any atom is -0.381 e. The van der Waals surface area contributed by atoms with Gasteiger partial charge in [-0.2, -0.15) is 0 Å². The van der Waals surface area contributed by atoms with E-state index in [1.165, 1.54) is 25.7 Å². The van der Waals surface area contributed by atoms with Crippen LogP contribution >= 0.6 is 0 Å². The zero-order chi connectivity index (χ0) is 13.8. The summed E-state index contributed by atoms with van der Waals surface area (Å²) in [4.78, 5) is 6.97. The molecule has 0 aliphatic carbocycles. The molecule has 110 valence electrons. The molecule has 0 radical (unpaired) electrons. The van der Waals surface area contributed by atoms with Crippen molar-refractivity contribution in [1.82, 2.24) is 4.98 Å². The van der Waals surface area contributed by atoms with Gasteiger partial charge in [-0.25, -0.2) is 4.98 Å². The predicted octanol–water partition coefficient (Wildman–Crippen LogP) is 3.05. The summed E-state index contributed by atoms with van der Waals surface area (Å²) in [5.41, 5.74) is 1.09. The quantitative estimate of drug-likeness (QED) is 0.916. The average Bonchev–Trinajstić information content (AvgIpc) is 2.92. The molecule has 4 heteroatoms. The number of hydrogen-bond donors (Lipinski definition) is 1. The smallest absolute Gasteiger partial charge is 0.128 e. The highest BCUT2D eigenvalue weighted by Crippen LogP contribution is 2.21. The topological polar surface area (TPSA) is 37.4 Å². The van der Waals surface area contributed by atoms with E-state index in [0.29, 0.717) is 12.2 Å². The fourth-order valence-corrected chi connectivity index (χ4v) is 3.07. The van der Waals surface area contributed by atoms with Gasteiger partial charge in [0.25, 0.3) is 0 Å². The van der Waals surface area contributed by atoms with E-state index in [4.69, 9.17) is 4.74 Å². The predicted molar refractivity (Wildman–Crippen MR) is 82.4 cm³/mol. The molecule has 0 spiro atoms. The molecular formula is C16H25N3O. The van der Waals surface area contributed by atoms with Gasteiger partial charge in [-0.1, -0.05) is 0 Å². The SMILES string of the molecule is CC1CCC(CNc2ccc(N3CCCCC3)nc2)O1. The molecule has 2 aliphatic heterocycles. The van der Waals surface area contributed by atoms with Gasteiger partial charge >= 0.3 is 0 Å². The lowest BCUT2D eigenvalue weighted by Gasteiger charge is -2.27. The molecule has 1 aromatic rings. The van der Waals surface area contributed by atoms with Gasteiger partial charge in [0.1, 0.15) is 5.82 Å². The van der Waals surface area contributed by atoms with E-state index in [1.807, 2.05) is 6.20 Å². The number of aromatic nitrogens is 1. The molecule has 3 rings (SSSR count). The summed E-state index contributed by atoms with van der Waals surface area (Å²) < 4.78 is 5.81. The number of nitrogens with one attached hydrogen (secondary N) is 1. The van der Waals surface area contributed by atoms with Crippen LogP contribution < -0.4 is 10.2 Å². The second-order valence-corrected chi connectivity index (χ2v) is 5.98. The van der Waals surface area contributed by atoms with Gasteiger partial charge < -0.3 is 15.0 Å². The largest absolute Gasteiger partial charge is 0.381 e. The molecule has 2 aliphatic rings. The molecule has 4 nitrogen and oxygen atoms in total. The third-order valence-corrected chi connectivity index (χ3v) is 4.28. The number of pyridine rings is 1. The molecule has 2 unspecified atom stereocenters. The van der Waals surface area contributed by atoms with Crippen LogP contribution in [0.4, 0.5) is 11.5 Å². The molecule has 1 aromatic heterocycles. The fourth-order valence-electron chi connectivity index (χ4n) is 3.07. The second kappa shape index (κ2) is 6.44. The number of rotatable bonds is 4. The summed E-state index contributed by atoms with van der Waals surface area (Å²) in [5.74, 6) is 1.11. The lowest BCUT2D eigenvalue weighted by atomic mass is 10.1. The molecule has 2 fully saturated rings. The van der Waals surface area contributed by atoms with Crippen LogP contribution in [0.1, 0.15) is 39.0 Å². The van der Waals surface area contributed by atoms with Crippen LogP contribution in [0.15, 0.2) is 18.3 Å². The van der Waals surface area contributed by atoms with Crippen molar-refractivity contribution in [3.8, 4) is 0 Å². The Kier molecular flexibility index (Phi) is 4.41. The zero-order valence-electron chi connectivity index (χ0n) is 12.3. The Balaban J connectivity index is 1.50. The first-order valence-electron chi connectivity index (χ1n) is 7.91. The van der Waals surface area contributed by atoms with E-state index in [0.717, 1.165) is 37.6 Å². The summed E-state index contributed by atoms with van der Waals surface area (Å²) in [5, 5.41) is 3.43. The van der Waals surface area contributed by atoms with E-state index in [-0.39, 0.29) is 0 Å². The number of piperidine rings is 1. The van der Waals surface area contributed by atoms with Crippen LogP contribution in [-0.4, -0.2) is 36.8 Å². The Morgan fingerprint density at radius 1 is 1.25 bits per heavy atom. The van der Waals surface area contributed by atoms with Crippen molar-refractivity contribution in [2.24, 2.45) is 0 Å². The van der Waals surface area contributed by atoms with E-state index in [1.54, 1.807) is 0 Å². The highest BCUT2D eigenvalue weighted by Gasteiger charge is 2.21. The molecule has 0 amide bonds. The van der Waals surface area contributed by atoms with Gasteiger partial charge in [0.15, 0.2) is 0 Å². The molecule has 0 saturated carbocycles. The van der Waals surface area contributed by atoms with Crippen molar-refractivity contribution in [2.45, 2.75) is 51.2 Å². The van der Waals surface area contributed by atoms with Crippen molar-refractivity contribution in [3.05, 3.63) is 18.3 Å². The van der Waals surface area contributed by atoms with Crippen molar-refractivity contribution in [1.29, 1.82) is 0 Å². The maximum absolute atomic E-state index is 5.81. The third-order valence-electron chi connectivity index (χ3n) is 4.28. The zero-order valence-corrected chi connectivity index (χ0v) is 12.3. The monoisotopic (exact) mass is 275 g/mol. The summed E-state index contributed by atoms with van der Waals surface area (Å²) >= 11 is 0. The summed E-state index contributed by atoms with van der Waals surface area (Å²) in [6.45, 7) is 5.32. The highest BCUT2D eigenvalue weighted by molar-refractivity contribution is 5.48.